The SMILES string of the molecule is COCCNC(CC(C)C)CN(C)C. The summed E-state index contributed by atoms with van der Waals surface area (Å²) in [5.74, 6) is 0.745. The third-order valence-corrected chi connectivity index (χ3v) is 2.08. The van der Waals surface area contributed by atoms with Crippen LogP contribution in [0.3, 0.4) is 0 Å². The van der Waals surface area contributed by atoms with Crippen molar-refractivity contribution in [1.82, 2.24) is 10.2 Å². The summed E-state index contributed by atoms with van der Waals surface area (Å²) >= 11 is 0. The first kappa shape index (κ1) is 13.9. The number of rotatable bonds is 8. The summed E-state index contributed by atoms with van der Waals surface area (Å²) in [6.07, 6.45) is 1.22. The molecule has 14 heavy (non-hydrogen) atoms. The van der Waals surface area contributed by atoms with E-state index < -0.39 is 0 Å². The zero-order chi connectivity index (χ0) is 11.0. The molecule has 1 atom stereocenters. The first-order valence-electron chi connectivity index (χ1n) is 5.43. The van der Waals surface area contributed by atoms with Gasteiger partial charge in [0.1, 0.15) is 0 Å². The summed E-state index contributed by atoms with van der Waals surface area (Å²) in [6, 6.07) is 0.583. The topological polar surface area (TPSA) is 24.5 Å². The molecule has 1 N–H and O–H groups in total. The summed E-state index contributed by atoms with van der Waals surface area (Å²) in [5, 5.41) is 3.52. The van der Waals surface area contributed by atoms with Crippen molar-refractivity contribution in [3.8, 4) is 0 Å². The maximum Gasteiger partial charge on any atom is 0.0587 e. The van der Waals surface area contributed by atoms with Gasteiger partial charge in [0.15, 0.2) is 0 Å². The van der Waals surface area contributed by atoms with Gasteiger partial charge in [-0.15, -0.1) is 0 Å². The maximum absolute atomic E-state index is 5.03. The van der Waals surface area contributed by atoms with Gasteiger partial charge in [0.2, 0.25) is 0 Å². The van der Waals surface area contributed by atoms with Gasteiger partial charge in [-0.25, -0.2) is 0 Å². The van der Waals surface area contributed by atoms with Gasteiger partial charge in [0.05, 0.1) is 6.61 Å². The van der Waals surface area contributed by atoms with Crippen LogP contribution >= 0.6 is 0 Å². The number of methoxy groups -OCH3 is 1. The lowest BCUT2D eigenvalue weighted by atomic mass is 10.0. The Bertz CT molecular complexity index is 116. The molecule has 0 saturated heterocycles. The highest BCUT2D eigenvalue weighted by Crippen LogP contribution is 2.05. The standard InChI is InChI=1S/C11H26N2O/c1-10(2)8-11(9-13(3)4)12-6-7-14-5/h10-12H,6-9H2,1-5H3. The summed E-state index contributed by atoms with van der Waals surface area (Å²) in [4.78, 5) is 2.23. The Hall–Kier alpha value is -0.120. The second kappa shape index (κ2) is 8.21. The average Bonchev–Trinajstić information content (AvgIpc) is 2.02. The molecular formula is C11H26N2O. The predicted molar refractivity (Wildman–Crippen MR) is 61.7 cm³/mol. The molecule has 0 aliphatic rings. The van der Waals surface area contributed by atoms with Crippen molar-refractivity contribution in [2.75, 3.05) is 40.9 Å². The molecule has 0 saturated carbocycles. The molecule has 0 heterocycles. The van der Waals surface area contributed by atoms with Crippen molar-refractivity contribution in [2.24, 2.45) is 5.92 Å². The highest BCUT2D eigenvalue weighted by molar-refractivity contribution is 4.70. The third-order valence-electron chi connectivity index (χ3n) is 2.08. The van der Waals surface area contributed by atoms with E-state index in [0.29, 0.717) is 6.04 Å². The molecule has 0 aromatic heterocycles. The lowest BCUT2D eigenvalue weighted by molar-refractivity contribution is 0.189. The van der Waals surface area contributed by atoms with Crippen molar-refractivity contribution in [2.45, 2.75) is 26.3 Å². The Morgan fingerprint density at radius 2 is 1.93 bits per heavy atom. The van der Waals surface area contributed by atoms with Crippen LogP contribution in [0, 0.1) is 5.92 Å². The number of nitrogens with one attached hydrogen (secondary N) is 1. The van der Waals surface area contributed by atoms with Crippen molar-refractivity contribution in [3.05, 3.63) is 0 Å². The largest absolute Gasteiger partial charge is 0.383 e. The highest BCUT2D eigenvalue weighted by atomic mass is 16.5. The van der Waals surface area contributed by atoms with Crippen LogP contribution in [0.1, 0.15) is 20.3 Å². The van der Waals surface area contributed by atoms with Gasteiger partial charge >= 0.3 is 0 Å². The number of likely N-dealkylation sites (N-methyl/N-ethyl adjacent to an activating group) is 1. The van der Waals surface area contributed by atoms with E-state index >= 15 is 0 Å². The van der Waals surface area contributed by atoms with Crippen LogP contribution in [-0.4, -0.2) is 51.8 Å². The van der Waals surface area contributed by atoms with Crippen molar-refractivity contribution in [1.29, 1.82) is 0 Å². The first-order valence-corrected chi connectivity index (χ1v) is 5.43. The van der Waals surface area contributed by atoms with Gasteiger partial charge in [-0.1, -0.05) is 13.8 Å². The minimum Gasteiger partial charge on any atom is -0.383 e. The second-order valence-corrected chi connectivity index (χ2v) is 4.54. The molecule has 0 rings (SSSR count). The van der Waals surface area contributed by atoms with Gasteiger partial charge in [0.25, 0.3) is 0 Å². The van der Waals surface area contributed by atoms with E-state index in [2.05, 4.69) is 38.2 Å². The van der Waals surface area contributed by atoms with Crippen LogP contribution in [0.5, 0.6) is 0 Å². The zero-order valence-corrected chi connectivity index (χ0v) is 10.3. The van der Waals surface area contributed by atoms with E-state index in [9.17, 15) is 0 Å². The van der Waals surface area contributed by atoms with E-state index in [1.54, 1.807) is 7.11 Å². The van der Waals surface area contributed by atoms with Gasteiger partial charge in [-0.05, 0) is 26.4 Å². The van der Waals surface area contributed by atoms with E-state index in [4.69, 9.17) is 4.74 Å². The summed E-state index contributed by atoms with van der Waals surface area (Å²) < 4.78 is 5.03. The fraction of sp³-hybridized carbons (Fsp3) is 1.00. The smallest absolute Gasteiger partial charge is 0.0587 e. The minimum absolute atomic E-state index is 0.583. The summed E-state index contributed by atoms with van der Waals surface area (Å²) in [5.41, 5.74) is 0. The lowest BCUT2D eigenvalue weighted by Crippen LogP contribution is -2.40. The zero-order valence-electron chi connectivity index (χ0n) is 10.3. The minimum atomic E-state index is 0.583. The molecule has 3 heteroatoms. The molecule has 3 nitrogen and oxygen atoms in total. The Kier molecular flexibility index (Phi) is 8.14. The van der Waals surface area contributed by atoms with Crippen LogP contribution < -0.4 is 5.32 Å². The number of hydrogen-bond acceptors (Lipinski definition) is 3. The molecule has 0 radical (unpaired) electrons. The van der Waals surface area contributed by atoms with Gasteiger partial charge in [-0.3, -0.25) is 0 Å². The van der Waals surface area contributed by atoms with Crippen LogP contribution in [0.4, 0.5) is 0 Å². The Balaban J connectivity index is 3.72. The maximum atomic E-state index is 5.03. The quantitative estimate of drug-likeness (QED) is 0.599. The van der Waals surface area contributed by atoms with Crippen LogP contribution in [0.15, 0.2) is 0 Å². The molecule has 0 aromatic carbocycles. The second-order valence-electron chi connectivity index (χ2n) is 4.54. The summed E-state index contributed by atoms with van der Waals surface area (Å²) in [7, 11) is 5.97. The fourth-order valence-electron chi connectivity index (χ4n) is 1.60. The molecule has 0 amide bonds. The third kappa shape index (κ3) is 8.48. The first-order chi connectivity index (χ1) is 6.56. The molecule has 0 aromatic rings. The van der Waals surface area contributed by atoms with Crippen molar-refractivity contribution < 1.29 is 4.74 Å². The molecule has 0 fully saturated rings. The molecule has 0 aliphatic heterocycles. The van der Waals surface area contributed by atoms with E-state index in [-0.39, 0.29) is 0 Å². The van der Waals surface area contributed by atoms with E-state index in [1.165, 1.54) is 6.42 Å². The number of hydrogen-bond donors (Lipinski definition) is 1. The number of ether oxygens (including phenoxy) is 1. The molecule has 0 bridgehead atoms. The van der Waals surface area contributed by atoms with Gasteiger partial charge < -0.3 is 15.0 Å². The van der Waals surface area contributed by atoms with Gasteiger partial charge in [0, 0.05) is 26.2 Å². The molecular weight excluding hydrogens is 176 g/mol. The Morgan fingerprint density at radius 1 is 1.29 bits per heavy atom. The Labute approximate surface area is 88.8 Å². The normalized spacial score (nSPS) is 13.9. The van der Waals surface area contributed by atoms with E-state index in [1.807, 2.05) is 0 Å². The monoisotopic (exact) mass is 202 g/mol. The predicted octanol–water partition coefficient (Wildman–Crippen LogP) is 1.20. The summed E-state index contributed by atoms with van der Waals surface area (Å²) in [6.45, 7) is 7.37. The van der Waals surface area contributed by atoms with Gasteiger partial charge in [-0.2, -0.15) is 0 Å². The highest BCUT2D eigenvalue weighted by Gasteiger charge is 2.10. The Morgan fingerprint density at radius 3 is 2.36 bits per heavy atom. The van der Waals surface area contributed by atoms with Crippen molar-refractivity contribution in [3.63, 3.8) is 0 Å². The lowest BCUT2D eigenvalue weighted by Gasteiger charge is -2.23. The van der Waals surface area contributed by atoms with Crippen molar-refractivity contribution >= 4 is 0 Å². The van der Waals surface area contributed by atoms with Crippen LogP contribution in [0.25, 0.3) is 0 Å². The van der Waals surface area contributed by atoms with E-state index in [0.717, 1.165) is 25.6 Å². The average molecular weight is 202 g/mol. The fourth-order valence-corrected chi connectivity index (χ4v) is 1.60. The molecule has 86 valence electrons. The molecule has 0 aliphatic carbocycles. The van der Waals surface area contributed by atoms with Crippen LogP contribution in [-0.2, 0) is 4.74 Å². The number of nitrogens with zero attached hydrogens (tertiary/aromatic N) is 1. The molecule has 1 unspecified atom stereocenters. The van der Waals surface area contributed by atoms with Crippen LogP contribution in [0.2, 0.25) is 0 Å². The molecule has 0 spiro atoms.